The highest BCUT2D eigenvalue weighted by molar-refractivity contribution is 7.89. The molecule has 0 aliphatic carbocycles. The Morgan fingerprint density at radius 1 is 1.10 bits per heavy atom. The maximum atomic E-state index is 13.1. The molecular formula is C14H12Cl2FNO2S. The van der Waals surface area contributed by atoms with Crippen LogP contribution in [-0.4, -0.2) is 19.8 Å². The van der Waals surface area contributed by atoms with E-state index in [0.29, 0.717) is 5.56 Å². The number of nitrogens with zero attached hydrogens (tertiary/aromatic N) is 1. The van der Waals surface area contributed by atoms with Gasteiger partial charge in [0.2, 0.25) is 10.0 Å². The first kappa shape index (κ1) is 16.2. The predicted octanol–water partition coefficient (Wildman–Crippen LogP) is 3.95. The topological polar surface area (TPSA) is 37.4 Å². The third kappa shape index (κ3) is 3.95. The summed E-state index contributed by atoms with van der Waals surface area (Å²) in [5.41, 5.74) is 0.550. The largest absolute Gasteiger partial charge is 0.243 e. The summed E-state index contributed by atoms with van der Waals surface area (Å²) in [5, 5.41) is 0.473. The molecule has 0 aliphatic heterocycles. The van der Waals surface area contributed by atoms with Gasteiger partial charge in [-0.2, -0.15) is 4.31 Å². The molecule has 3 nitrogen and oxygen atoms in total. The molecular weight excluding hydrogens is 336 g/mol. The lowest BCUT2D eigenvalue weighted by Crippen LogP contribution is -2.26. The minimum Gasteiger partial charge on any atom is -0.207 e. The summed E-state index contributed by atoms with van der Waals surface area (Å²) in [5.74, 6) is -0.413. The van der Waals surface area contributed by atoms with E-state index in [2.05, 4.69) is 0 Å². The van der Waals surface area contributed by atoms with Crippen molar-refractivity contribution in [3.63, 3.8) is 0 Å². The molecule has 2 rings (SSSR count). The Kier molecular flexibility index (Phi) is 4.88. The zero-order valence-electron chi connectivity index (χ0n) is 11.1. The first-order chi connectivity index (χ1) is 9.79. The van der Waals surface area contributed by atoms with Gasteiger partial charge in [0.25, 0.3) is 0 Å². The normalized spacial score (nSPS) is 11.9. The lowest BCUT2D eigenvalue weighted by atomic mass is 10.2. The average Bonchev–Trinajstić information content (AvgIpc) is 2.37. The van der Waals surface area contributed by atoms with Crippen molar-refractivity contribution in [2.45, 2.75) is 11.4 Å². The zero-order chi connectivity index (χ0) is 15.6. The summed E-state index contributed by atoms with van der Waals surface area (Å²) in [6, 6.07) is 9.87. The molecule has 0 aliphatic rings. The highest BCUT2D eigenvalue weighted by atomic mass is 35.5. The van der Waals surface area contributed by atoms with E-state index in [0.717, 1.165) is 4.31 Å². The standard InChI is InChI=1S/C14H12Cl2FNO2S/c1-18(9-10-3-2-4-13(17)5-10)21(19,20)14-7-11(15)6-12(16)8-14/h2-8H,9H2,1H3. The summed E-state index contributed by atoms with van der Waals surface area (Å²) in [4.78, 5) is -0.00102. The van der Waals surface area contributed by atoms with Crippen LogP contribution in [0, 0.1) is 5.82 Å². The van der Waals surface area contributed by atoms with Gasteiger partial charge < -0.3 is 0 Å². The van der Waals surface area contributed by atoms with Crippen LogP contribution in [0.3, 0.4) is 0 Å². The van der Waals surface area contributed by atoms with Crippen molar-refractivity contribution >= 4 is 33.2 Å². The van der Waals surface area contributed by atoms with Crippen molar-refractivity contribution < 1.29 is 12.8 Å². The van der Waals surface area contributed by atoms with Gasteiger partial charge in [0.1, 0.15) is 5.82 Å². The fraction of sp³-hybridized carbons (Fsp3) is 0.143. The van der Waals surface area contributed by atoms with E-state index in [1.54, 1.807) is 6.07 Å². The Labute approximate surface area is 133 Å². The first-order valence-electron chi connectivity index (χ1n) is 5.96. The number of benzene rings is 2. The smallest absolute Gasteiger partial charge is 0.207 e. The minimum absolute atomic E-state index is 0.00102. The monoisotopic (exact) mass is 347 g/mol. The maximum absolute atomic E-state index is 13.1. The van der Waals surface area contributed by atoms with E-state index < -0.39 is 15.8 Å². The van der Waals surface area contributed by atoms with Gasteiger partial charge in [0.05, 0.1) is 4.90 Å². The highest BCUT2D eigenvalue weighted by Gasteiger charge is 2.22. The van der Waals surface area contributed by atoms with Crippen LogP contribution in [0.4, 0.5) is 4.39 Å². The first-order valence-corrected chi connectivity index (χ1v) is 8.15. The van der Waals surface area contributed by atoms with Gasteiger partial charge in [-0.25, -0.2) is 12.8 Å². The van der Waals surface area contributed by atoms with Gasteiger partial charge in [-0.05, 0) is 35.9 Å². The lowest BCUT2D eigenvalue weighted by molar-refractivity contribution is 0.465. The van der Waals surface area contributed by atoms with Gasteiger partial charge in [-0.1, -0.05) is 35.3 Å². The second-order valence-electron chi connectivity index (χ2n) is 4.50. The van der Waals surface area contributed by atoms with Crippen LogP contribution < -0.4 is 0 Å². The molecule has 21 heavy (non-hydrogen) atoms. The summed E-state index contributed by atoms with van der Waals surface area (Å²) in [6.07, 6.45) is 0. The number of hydrogen-bond donors (Lipinski definition) is 0. The second-order valence-corrected chi connectivity index (χ2v) is 7.41. The summed E-state index contributed by atoms with van der Waals surface area (Å²) >= 11 is 11.6. The molecule has 0 radical (unpaired) electrons. The molecule has 0 spiro atoms. The average molecular weight is 348 g/mol. The Bertz CT molecular complexity index is 745. The van der Waals surface area contributed by atoms with Crippen molar-refractivity contribution in [2.75, 3.05) is 7.05 Å². The van der Waals surface area contributed by atoms with Crippen molar-refractivity contribution in [1.82, 2.24) is 4.31 Å². The second kappa shape index (κ2) is 6.32. The molecule has 0 aromatic heterocycles. The molecule has 2 aromatic carbocycles. The molecule has 0 amide bonds. The van der Waals surface area contributed by atoms with Crippen molar-refractivity contribution in [2.24, 2.45) is 0 Å². The van der Waals surface area contributed by atoms with E-state index in [1.807, 2.05) is 0 Å². The fourth-order valence-corrected chi connectivity index (χ4v) is 3.72. The molecule has 0 N–H and O–H groups in total. The third-order valence-electron chi connectivity index (χ3n) is 2.84. The van der Waals surface area contributed by atoms with E-state index >= 15 is 0 Å². The summed E-state index contributed by atoms with van der Waals surface area (Å²) in [7, 11) is -2.34. The van der Waals surface area contributed by atoms with E-state index in [4.69, 9.17) is 23.2 Å². The van der Waals surface area contributed by atoms with Gasteiger partial charge in [0.15, 0.2) is 0 Å². The van der Waals surface area contributed by atoms with Crippen molar-refractivity contribution in [1.29, 1.82) is 0 Å². The molecule has 0 unspecified atom stereocenters. The molecule has 0 saturated carbocycles. The Balaban J connectivity index is 2.30. The van der Waals surface area contributed by atoms with Crippen LogP contribution in [0.15, 0.2) is 47.4 Å². The van der Waals surface area contributed by atoms with Crippen LogP contribution in [0.5, 0.6) is 0 Å². The number of halogens is 3. The van der Waals surface area contributed by atoms with Gasteiger partial charge in [-0.3, -0.25) is 0 Å². The number of sulfonamides is 1. The van der Waals surface area contributed by atoms with Crippen LogP contribution in [0.25, 0.3) is 0 Å². The summed E-state index contributed by atoms with van der Waals surface area (Å²) < 4.78 is 39.1. The van der Waals surface area contributed by atoms with E-state index in [9.17, 15) is 12.8 Å². The predicted molar refractivity (Wildman–Crippen MR) is 81.5 cm³/mol. The lowest BCUT2D eigenvalue weighted by Gasteiger charge is -2.17. The Hall–Kier alpha value is -1.14. The third-order valence-corrected chi connectivity index (χ3v) is 5.06. The fourth-order valence-electron chi connectivity index (χ4n) is 1.83. The Morgan fingerprint density at radius 2 is 1.71 bits per heavy atom. The van der Waals surface area contributed by atoms with Crippen molar-refractivity contribution in [3.8, 4) is 0 Å². The van der Waals surface area contributed by atoms with Gasteiger partial charge >= 0.3 is 0 Å². The number of rotatable bonds is 4. The SMILES string of the molecule is CN(Cc1cccc(F)c1)S(=O)(=O)c1cc(Cl)cc(Cl)c1. The molecule has 2 aromatic rings. The quantitative estimate of drug-likeness (QED) is 0.839. The molecule has 0 heterocycles. The van der Waals surface area contributed by atoms with Crippen LogP contribution in [0.1, 0.15) is 5.56 Å². The minimum atomic E-state index is -3.75. The molecule has 0 bridgehead atoms. The van der Waals surface area contributed by atoms with E-state index in [1.165, 1.54) is 43.4 Å². The zero-order valence-corrected chi connectivity index (χ0v) is 13.4. The van der Waals surface area contributed by atoms with E-state index in [-0.39, 0.29) is 21.5 Å². The maximum Gasteiger partial charge on any atom is 0.243 e. The molecule has 7 heteroatoms. The van der Waals surface area contributed by atoms with Gasteiger partial charge in [-0.15, -0.1) is 0 Å². The van der Waals surface area contributed by atoms with Crippen LogP contribution >= 0.6 is 23.2 Å². The van der Waals surface area contributed by atoms with Crippen LogP contribution in [0.2, 0.25) is 10.0 Å². The summed E-state index contributed by atoms with van der Waals surface area (Å²) in [6.45, 7) is 0.0459. The van der Waals surface area contributed by atoms with Crippen LogP contribution in [-0.2, 0) is 16.6 Å². The number of hydrogen-bond acceptors (Lipinski definition) is 2. The molecule has 0 fully saturated rings. The Morgan fingerprint density at radius 3 is 2.29 bits per heavy atom. The molecule has 0 atom stereocenters. The van der Waals surface area contributed by atoms with Gasteiger partial charge in [0, 0.05) is 23.6 Å². The van der Waals surface area contributed by atoms with Crippen molar-refractivity contribution in [3.05, 3.63) is 63.9 Å². The highest BCUT2D eigenvalue weighted by Crippen LogP contribution is 2.25. The molecule has 112 valence electrons. The molecule has 0 saturated heterocycles.